The molecule has 2 heterocycles. The molecule has 120 valence electrons. The summed E-state index contributed by atoms with van der Waals surface area (Å²) in [6, 6.07) is 7.33. The quantitative estimate of drug-likeness (QED) is 0.918. The van der Waals surface area contributed by atoms with Gasteiger partial charge in [-0.1, -0.05) is 12.1 Å². The fourth-order valence-corrected chi connectivity index (χ4v) is 2.35. The highest BCUT2D eigenvalue weighted by atomic mass is 16.5. The summed E-state index contributed by atoms with van der Waals surface area (Å²) >= 11 is 0. The number of rotatable bonds is 5. The van der Waals surface area contributed by atoms with Crippen LogP contribution in [0.25, 0.3) is 0 Å². The molecule has 3 rings (SSSR count). The third-order valence-electron chi connectivity index (χ3n) is 3.60. The predicted molar refractivity (Wildman–Crippen MR) is 85.6 cm³/mol. The zero-order valence-electron chi connectivity index (χ0n) is 13.0. The molecule has 1 fully saturated rings. The fraction of sp³-hybridized carbons (Fsp3) is 0.353. The summed E-state index contributed by atoms with van der Waals surface area (Å²) < 4.78 is 11.3. The number of ether oxygens (including phenoxy) is 2. The maximum absolute atomic E-state index is 12.2. The van der Waals surface area contributed by atoms with Crippen molar-refractivity contribution >= 4 is 11.6 Å². The molecule has 1 aliphatic heterocycles. The van der Waals surface area contributed by atoms with E-state index in [1.807, 2.05) is 25.1 Å². The van der Waals surface area contributed by atoms with Crippen molar-refractivity contribution in [2.75, 3.05) is 18.5 Å². The predicted octanol–water partition coefficient (Wildman–Crippen LogP) is 2.60. The fourth-order valence-electron chi connectivity index (χ4n) is 2.35. The molecule has 0 saturated carbocycles. The van der Waals surface area contributed by atoms with Crippen LogP contribution in [-0.2, 0) is 4.74 Å². The van der Waals surface area contributed by atoms with Crippen LogP contribution in [-0.4, -0.2) is 35.2 Å². The second kappa shape index (κ2) is 7.19. The van der Waals surface area contributed by atoms with Crippen LogP contribution in [0.1, 0.15) is 29.0 Å². The first kappa shape index (κ1) is 15.4. The molecule has 1 aliphatic rings. The standard InChI is InChI=1S/C17H19N3O3/c1-12-9-19-15(10-18-12)17(21)20-14-6-2-3-7-16(14)23-11-13-5-4-8-22-13/h2-3,6-7,9-10,13H,4-5,8,11H2,1H3,(H,20,21). The number of aryl methyl sites for hydroxylation is 1. The zero-order chi connectivity index (χ0) is 16.1. The number of para-hydroxylation sites is 2. The molecule has 0 bridgehead atoms. The van der Waals surface area contributed by atoms with Crippen LogP contribution in [0.4, 0.5) is 5.69 Å². The molecular formula is C17H19N3O3. The van der Waals surface area contributed by atoms with Gasteiger partial charge in [0.2, 0.25) is 0 Å². The van der Waals surface area contributed by atoms with Crippen molar-refractivity contribution in [3.63, 3.8) is 0 Å². The monoisotopic (exact) mass is 313 g/mol. The maximum atomic E-state index is 12.2. The Morgan fingerprint density at radius 3 is 2.96 bits per heavy atom. The third kappa shape index (κ3) is 4.04. The highest BCUT2D eigenvalue weighted by Crippen LogP contribution is 2.25. The van der Waals surface area contributed by atoms with E-state index in [0.29, 0.717) is 18.0 Å². The Hall–Kier alpha value is -2.47. The van der Waals surface area contributed by atoms with Gasteiger partial charge >= 0.3 is 0 Å². The van der Waals surface area contributed by atoms with Crippen LogP contribution >= 0.6 is 0 Å². The van der Waals surface area contributed by atoms with E-state index in [-0.39, 0.29) is 17.7 Å². The first-order valence-corrected chi connectivity index (χ1v) is 7.66. The Labute approximate surface area is 134 Å². The lowest BCUT2D eigenvalue weighted by Crippen LogP contribution is -2.18. The minimum atomic E-state index is -0.314. The lowest BCUT2D eigenvalue weighted by molar-refractivity contribution is 0.0682. The number of nitrogens with zero attached hydrogens (tertiary/aromatic N) is 2. The van der Waals surface area contributed by atoms with E-state index in [0.717, 1.165) is 25.1 Å². The average molecular weight is 313 g/mol. The molecule has 0 spiro atoms. The molecule has 1 atom stereocenters. The van der Waals surface area contributed by atoms with Gasteiger partial charge in [-0.3, -0.25) is 9.78 Å². The van der Waals surface area contributed by atoms with E-state index >= 15 is 0 Å². The number of benzene rings is 1. The molecule has 1 aromatic carbocycles. The Morgan fingerprint density at radius 2 is 2.22 bits per heavy atom. The van der Waals surface area contributed by atoms with Crippen LogP contribution in [0.3, 0.4) is 0 Å². The highest BCUT2D eigenvalue weighted by molar-refractivity contribution is 6.03. The average Bonchev–Trinajstić information content (AvgIpc) is 3.08. The van der Waals surface area contributed by atoms with E-state index in [1.165, 1.54) is 6.20 Å². The van der Waals surface area contributed by atoms with E-state index in [1.54, 1.807) is 12.3 Å². The van der Waals surface area contributed by atoms with E-state index in [9.17, 15) is 4.79 Å². The van der Waals surface area contributed by atoms with Crippen molar-refractivity contribution in [3.8, 4) is 5.75 Å². The van der Waals surface area contributed by atoms with Crippen LogP contribution in [0.2, 0.25) is 0 Å². The van der Waals surface area contributed by atoms with Gasteiger partial charge in [-0.15, -0.1) is 0 Å². The molecule has 6 heteroatoms. The van der Waals surface area contributed by atoms with Gasteiger partial charge in [0.1, 0.15) is 18.1 Å². The lowest BCUT2D eigenvalue weighted by Gasteiger charge is -2.15. The van der Waals surface area contributed by atoms with Crippen molar-refractivity contribution < 1.29 is 14.3 Å². The van der Waals surface area contributed by atoms with Crippen molar-refractivity contribution in [2.24, 2.45) is 0 Å². The summed E-state index contributed by atoms with van der Waals surface area (Å²) in [5.41, 5.74) is 1.64. The summed E-state index contributed by atoms with van der Waals surface area (Å²) in [6.07, 6.45) is 5.23. The molecule has 1 saturated heterocycles. The van der Waals surface area contributed by atoms with Gasteiger partial charge < -0.3 is 14.8 Å². The summed E-state index contributed by atoms with van der Waals surface area (Å²) in [4.78, 5) is 20.4. The van der Waals surface area contributed by atoms with Crippen molar-refractivity contribution in [1.29, 1.82) is 0 Å². The van der Waals surface area contributed by atoms with Gasteiger partial charge in [-0.05, 0) is 31.9 Å². The molecule has 0 aliphatic carbocycles. The molecule has 1 aromatic heterocycles. The Morgan fingerprint density at radius 1 is 1.35 bits per heavy atom. The van der Waals surface area contributed by atoms with Gasteiger partial charge in [-0.2, -0.15) is 0 Å². The first-order chi connectivity index (χ1) is 11.2. The van der Waals surface area contributed by atoms with Gasteiger partial charge in [0.25, 0.3) is 5.91 Å². The van der Waals surface area contributed by atoms with E-state index < -0.39 is 0 Å². The Bertz CT molecular complexity index is 667. The van der Waals surface area contributed by atoms with E-state index in [4.69, 9.17) is 9.47 Å². The molecule has 23 heavy (non-hydrogen) atoms. The van der Waals surface area contributed by atoms with E-state index in [2.05, 4.69) is 15.3 Å². The minimum absolute atomic E-state index is 0.127. The molecule has 2 aromatic rings. The van der Waals surface area contributed by atoms with Crippen LogP contribution in [0.5, 0.6) is 5.75 Å². The van der Waals surface area contributed by atoms with Gasteiger partial charge in [0, 0.05) is 12.8 Å². The number of amides is 1. The normalized spacial score (nSPS) is 17.0. The molecule has 0 radical (unpaired) electrons. The number of nitrogens with one attached hydrogen (secondary N) is 1. The number of aromatic nitrogens is 2. The summed E-state index contributed by atoms with van der Waals surface area (Å²) in [5, 5.41) is 2.81. The summed E-state index contributed by atoms with van der Waals surface area (Å²) in [7, 11) is 0. The van der Waals surface area contributed by atoms with Crippen molar-refractivity contribution in [2.45, 2.75) is 25.9 Å². The number of carbonyl (C=O) groups excluding carboxylic acids is 1. The molecule has 1 unspecified atom stereocenters. The van der Waals surface area contributed by atoms with Crippen molar-refractivity contribution in [3.05, 3.63) is 48.0 Å². The SMILES string of the molecule is Cc1cnc(C(=O)Nc2ccccc2OCC2CCCO2)cn1. The Kier molecular flexibility index (Phi) is 4.83. The molecule has 1 amide bonds. The second-order valence-corrected chi connectivity index (χ2v) is 5.44. The van der Waals surface area contributed by atoms with Gasteiger partial charge in [0.15, 0.2) is 0 Å². The zero-order valence-corrected chi connectivity index (χ0v) is 13.0. The first-order valence-electron chi connectivity index (χ1n) is 7.66. The number of anilines is 1. The van der Waals surface area contributed by atoms with Gasteiger partial charge in [0.05, 0.1) is 23.7 Å². The number of hydrogen-bond acceptors (Lipinski definition) is 5. The van der Waals surface area contributed by atoms with Gasteiger partial charge in [-0.25, -0.2) is 4.98 Å². The summed E-state index contributed by atoms with van der Waals surface area (Å²) in [6.45, 7) is 3.10. The smallest absolute Gasteiger partial charge is 0.275 e. The molecule has 1 N–H and O–H groups in total. The van der Waals surface area contributed by atoms with Crippen LogP contribution in [0.15, 0.2) is 36.7 Å². The molecule has 6 nitrogen and oxygen atoms in total. The van der Waals surface area contributed by atoms with Crippen molar-refractivity contribution in [1.82, 2.24) is 9.97 Å². The van der Waals surface area contributed by atoms with Crippen LogP contribution in [0, 0.1) is 6.92 Å². The number of hydrogen-bond donors (Lipinski definition) is 1. The Balaban J connectivity index is 1.67. The second-order valence-electron chi connectivity index (χ2n) is 5.44. The third-order valence-corrected chi connectivity index (χ3v) is 3.60. The number of carbonyl (C=O) groups is 1. The van der Waals surface area contributed by atoms with Crippen LogP contribution < -0.4 is 10.1 Å². The minimum Gasteiger partial charge on any atom is -0.489 e. The summed E-state index contributed by atoms with van der Waals surface area (Å²) in [5.74, 6) is 0.307. The molecular weight excluding hydrogens is 294 g/mol. The topological polar surface area (TPSA) is 73.3 Å². The maximum Gasteiger partial charge on any atom is 0.275 e. The highest BCUT2D eigenvalue weighted by Gasteiger charge is 2.17. The lowest BCUT2D eigenvalue weighted by atomic mass is 10.2. The largest absolute Gasteiger partial charge is 0.489 e.